The van der Waals surface area contributed by atoms with Crippen LogP contribution in [0, 0.1) is 0 Å². The molecule has 0 amide bonds. The maximum atomic E-state index is 2.51. The van der Waals surface area contributed by atoms with E-state index in [0.29, 0.717) is 0 Å². The standard InChI is InChI=1S/C21H18N.C2H6/c1-2-5-15(6-3-1)16-9-11-20-17(13-16)10-12-21-19-8-4-7-18(19)14-22(20)21;1-2/h1-3,5-6,9-13H,4,7-8,14H2;1-2H3/q+1;. The van der Waals surface area contributed by atoms with Crippen molar-refractivity contribution in [2.75, 3.05) is 0 Å². The lowest BCUT2D eigenvalue weighted by Crippen LogP contribution is -2.35. The Morgan fingerprint density at radius 3 is 2.46 bits per heavy atom. The fraction of sp³-hybridized carbons (Fsp3) is 0.261. The van der Waals surface area contributed by atoms with E-state index in [1.807, 2.05) is 13.8 Å². The van der Waals surface area contributed by atoms with E-state index < -0.39 is 0 Å². The highest BCUT2D eigenvalue weighted by Gasteiger charge is 2.33. The predicted molar refractivity (Wildman–Crippen MR) is 102 cm³/mol. The van der Waals surface area contributed by atoms with Gasteiger partial charge in [0.05, 0.1) is 0 Å². The van der Waals surface area contributed by atoms with E-state index >= 15 is 0 Å². The molecule has 2 heterocycles. The van der Waals surface area contributed by atoms with Crippen molar-refractivity contribution < 1.29 is 4.57 Å². The van der Waals surface area contributed by atoms with Crippen LogP contribution in [0.2, 0.25) is 0 Å². The summed E-state index contributed by atoms with van der Waals surface area (Å²) in [7, 11) is 0. The minimum atomic E-state index is 1.10. The summed E-state index contributed by atoms with van der Waals surface area (Å²) in [5.41, 5.74) is 8.69. The lowest BCUT2D eigenvalue weighted by Gasteiger charge is -2.06. The van der Waals surface area contributed by atoms with Crippen molar-refractivity contribution in [2.24, 2.45) is 0 Å². The van der Waals surface area contributed by atoms with Gasteiger partial charge < -0.3 is 0 Å². The fourth-order valence-electron chi connectivity index (χ4n) is 4.05. The average molecular weight is 314 g/mol. The van der Waals surface area contributed by atoms with Crippen molar-refractivity contribution in [2.45, 2.75) is 39.7 Å². The average Bonchev–Trinajstić information content (AvgIpc) is 3.25. The monoisotopic (exact) mass is 314 g/mol. The number of aromatic nitrogens is 1. The SMILES string of the molecule is CC.c1ccc(-c2ccc3c(ccc4[n+]3CC3=C4CCC3)c2)cc1. The van der Waals surface area contributed by atoms with Gasteiger partial charge in [0.25, 0.3) is 0 Å². The Hall–Kier alpha value is -2.41. The van der Waals surface area contributed by atoms with Crippen LogP contribution in [-0.2, 0) is 6.54 Å². The fourth-order valence-corrected chi connectivity index (χ4v) is 4.05. The molecular weight excluding hydrogens is 290 g/mol. The van der Waals surface area contributed by atoms with Gasteiger partial charge in [0, 0.05) is 28.7 Å². The van der Waals surface area contributed by atoms with Gasteiger partial charge in [-0.3, -0.25) is 0 Å². The lowest BCUT2D eigenvalue weighted by molar-refractivity contribution is -0.660. The molecule has 1 aromatic heterocycles. The van der Waals surface area contributed by atoms with E-state index in [2.05, 4.69) is 65.2 Å². The summed E-state index contributed by atoms with van der Waals surface area (Å²) < 4.78 is 2.51. The van der Waals surface area contributed by atoms with Gasteiger partial charge in [0.1, 0.15) is 0 Å². The molecule has 2 aromatic carbocycles. The smallest absolute Gasteiger partial charge is 0.188 e. The Bertz CT molecular complexity index is 919. The molecule has 0 bridgehead atoms. The minimum Gasteiger partial charge on any atom is -0.188 e. The van der Waals surface area contributed by atoms with Crippen molar-refractivity contribution in [1.82, 2.24) is 0 Å². The van der Waals surface area contributed by atoms with E-state index in [-0.39, 0.29) is 0 Å². The summed E-state index contributed by atoms with van der Waals surface area (Å²) in [5, 5.41) is 1.34. The zero-order chi connectivity index (χ0) is 16.5. The molecule has 1 aliphatic heterocycles. The van der Waals surface area contributed by atoms with E-state index in [1.165, 1.54) is 47.0 Å². The van der Waals surface area contributed by atoms with Gasteiger partial charge >= 0.3 is 0 Å². The maximum Gasteiger partial charge on any atom is 0.213 e. The van der Waals surface area contributed by atoms with Crippen LogP contribution in [-0.4, -0.2) is 0 Å². The largest absolute Gasteiger partial charge is 0.213 e. The summed E-state index contributed by atoms with van der Waals surface area (Å²) in [6, 6.07) is 22.1. The van der Waals surface area contributed by atoms with Crippen molar-refractivity contribution in [3.05, 3.63) is 71.9 Å². The van der Waals surface area contributed by atoms with E-state index in [9.17, 15) is 0 Å². The maximum absolute atomic E-state index is 2.51. The summed E-state index contributed by atoms with van der Waals surface area (Å²) in [5.74, 6) is 0. The molecule has 0 fully saturated rings. The molecule has 0 unspecified atom stereocenters. The van der Waals surface area contributed by atoms with Crippen LogP contribution in [0.1, 0.15) is 38.8 Å². The Morgan fingerprint density at radius 1 is 0.792 bits per heavy atom. The highest BCUT2D eigenvalue weighted by atomic mass is 15.0. The first kappa shape index (κ1) is 15.1. The second-order valence-corrected chi connectivity index (χ2v) is 6.38. The molecule has 3 aromatic rings. The first-order valence-corrected chi connectivity index (χ1v) is 9.13. The van der Waals surface area contributed by atoms with Crippen LogP contribution >= 0.6 is 0 Å². The first-order chi connectivity index (χ1) is 11.9. The normalized spacial score (nSPS) is 15.1. The molecule has 1 nitrogen and oxygen atoms in total. The van der Waals surface area contributed by atoms with Crippen LogP contribution in [0.5, 0.6) is 0 Å². The van der Waals surface area contributed by atoms with Crippen molar-refractivity contribution in [3.8, 4) is 11.1 Å². The van der Waals surface area contributed by atoms with Gasteiger partial charge in [-0.2, -0.15) is 4.57 Å². The molecule has 0 saturated heterocycles. The molecule has 120 valence electrons. The van der Waals surface area contributed by atoms with Crippen molar-refractivity contribution >= 4 is 16.5 Å². The molecule has 0 atom stereocenters. The van der Waals surface area contributed by atoms with Gasteiger partial charge in [-0.15, -0.1) is 0 Å². The van der Waals surface area contributed by atoms with Gasteiger partial charge in [-0.05, 0) is 48.6 Å². The van der Waals surface area contributed by atoms with E-state index in [4.69, 9.17) is 0 Å². The van der Waals surface area contributed by atoms with Crippen LogP contribution in [0.4, 0.5) is 0 Å². The molecule has 1 aliphatic carbocycles. The molecule has 0 saturated carbocycles. The Labute approximate surface area is 144 Å². The second kappa shape index (κ2) is 6.24. The predicted octanol–water partition coefficient (Wildman–Crippen LogP) is 5.77. The van der Waals surface area contributed by atoms with Gasteiger partial charge in [-0.25, -0.2) is 0 Å². The van der Waals surface area contributed by atoms with Crippen LogP contribution in [0.3, 0.4) is 0 Å². The molecule has 24 heavy (non-hydrogen) atoms. The number of fused-ring (bicyclic) bond motifs is 4. The Morgan fingerprint density at radius 2 is 1.62 bits per heavy atom. The third-order valence-electron chi connectivity index (χ3n) is 5.13. The Balaban J connectivity index is 0.000000704. The number of allylic oxidation sites excluding steroid dienone is 2. The zero-order valence-corrected chi connectivity index (χ0v) is 14.5. The molecule has 2 aliphatic rings. The van der Waals surface area contributed by atoms with Crippen LogP contribution in [0.15, 0.2) is 66.2 Å². The van der Waals surface area contributed by atoms with Crippen molar-refractivity contribution in [1.29, 1.82) is 0 Å². The molecule has 1 heteroatoms. The molecule has 0 spiro atoms. The summed E-state index contributed by atoms with van der Waals surface area (Å²) in [6.07, 6.45) is 3.90. The molecular formula is C23H24N+. The molecule has 0 N–H and O–H groups in total. The van der Waals surface area contributed by atoms with Crippen molar-refractivity contribution in [3.63, 3.8) is 0 Å². The highest BCUT2D eigenvalue weighted by Crippen LogP contribution is 2.37. The number of rotatable bonds is 1. The number of hydrogen-bond donors (Lipinski definition) is 0. The zero-order valence-electron chi connectivity index (χ0n) is 14.5. The number of hydrogen-bond acceptors (Lipinski definition) is 0. The van der Waals surface area contributed by atoms with Crippen LogP contribution in [0.25, 0.3) is 27.6 Å². The minimum absolute atomic E-state index is 1.10. The quantitative estimate of drug-likeness (QED) is 0.502. The molecule has 5 rings (SSSR count). The third-order valence-corrected chi connectivity index (χ3v) is 5.13. The third kappa shape index (κ3) is 2.36. The summed E-state index contributed by atoms with van der Waals surface area (Å²) in [4.78, 5) is 0. The van der Waals surface area contributed by atoms with Gasteiger partial charge in [0.2, 0.25) is 11.2 Å². The topological polar surface area (TPSA) is 3.88 Å². The summed E-state index contributed by atoms with van der Waals surface area (Å²) >= 11 is 0. The summed E-state index contributed by atoms with van der Waals surface area (Å²) in [6.45, 7) is 5.10. The second-order valence-electron chi connectivity index (χ2n) is 6.38. The molecule has 0 radical (unpaired) electrons. The number of pyridine rings is 1. The lowest BCUT2D eigenvalue weighted by atomic mass is 10.0. The Kier molecular flexibility index (Phi) is 3.93. The number of nitrogens with zero attached hydrogens (tertiary/aromatic N) is 1. The number of benzene rings is 2. The van der Waals surface area contributed by atoms with Gasteiger partial charge in [0.15, 0.2) is 6.54 Å². The van der Waals surface area contributed by atoms with Crippen LogP contribution < -0.4 is 4.57 Å². The first-order valence-electron chi connectivity index (χ1n) is 9.13. The van der Waals surface area contributed by atoms with E-state index in [0.717, 1.165) is 6.54 Å². The van der Waals surface area contributed by atoms with E-state index in [1.54, 1.807) is 11.1 Å². The highest BCUT2D eigenvalue weighted by molar-refractivity contribution is 5.84. The van der Waals surface area contributed by atoms with Gasteiger partial charge in [-0.1, -0.05) is 44.2 Å².